The zero-order valence-corrected chi connectivity index (χ0v) is 17.6. The zero-order valence-electron chi connectivity index (χ0n) is 16.8. The molecule has 0 spiro atoms. The third kappa shape index (κ3) is 4.68. The second-order valence-corrected chi connectivity index (χ2v) is 7.63. The van der Waals surface area contributed by atoms with Gasteiger partial charge in [0.1, 0.15) is 5.65 Å². The van der Waals surface area contributed by atoms with Gasteiger partial charge in [0.05, 0.1) is 5.56 Å². The van der Waals surface area contributed by atoms with Crippen LogP contribution in [-0.4, -0.2) is 15.9 Å². The van der Waals surface area contributed by atoms with Crippen LogP contribution in [0.4, 0.5) is 18.9 Å². The van der Waals surface area contributed by atoms with E-state index in [-0.39, 0.29) is 11.3 Å². The number of anilines is 1. The van der Waals surface area contributed by atoms with Crippen LogP contribution in [0.25, 0.3) is 28.2 Å². The highest BCUT2D eigenvalue weighted by atomic mass is 35.5. The molecular weight excluding hydrogens is 439 g/mol. The van der Waals surface area contributed by atoms with Gasteiger partial charge in [0.15, 0.2) is 0 Å². The highest BCUT2D eigenvalue weighted by Crippen LogP contribution is 2.33. The summed E-state index contributed by atoms with van der Waals surface area (Å²) in [6.07, 6.45) is 1.79. The van der Waals surface area contributed by atoms with E-state index in [1.54, 1.807) is 12.3 Å². The minimum absolute atomic E-state index is 0.0586. The molecule has 32 heavy (non-hydrogen) atoms. The first-order valence-corrected chi connectivity index (χ1v) is 9.98. The maximum absolute atomic E-state index is 13.1. The Morgan fingerprint density at radius 1 is 1.09 bits per heavy atom. The lowest BCUT2D eigenvalue weighted by molar-refractivity contribution is -0.138. The number of amides is 1. The van der Waals surface area contributed by atoms with E-state index in [0.29, 0.717) is 10.6 Å². The Morgan fingerprint density at radius 3 is 2.69 bits per heavy atom. The number of hydrogen-bond acceptors (Lipinski definition) is 2. The number of H-pyrrole nitrogens is 1. The number of benzene rings is 2. The van der Waals surface area contributed by atoms with Crippen molar-refractivity contribution in [1.29, 1.82) is 0 Å². The molecule has 0 saturated heterocycles. The van der Waals surface area contributed by atoms with E-state index in [1.807, 2.05) is 30.5 Å². The Kier molecular flexibility index (Phi) is 5.76. The molecule has 0 unspecified atom stereocenters. The lowest BCUT2D eigenvalue weighted by Gasteiger charge is -2.12. The molecule has 0 aliphatic rings. The number of pyridine rings is 1. The van der Waals surface area contributed by atoms with Gasteiger partial charge < -0.3 is 10.3 Å². The third-order valence-electron chi connectivity index (χ3n) is 4.95. The van der Waals surface area contributed by atoms with E-state index < -0.39 is 17.6 Å². The molecule has 4 rings (SSSR count). The smallest absolute Gasteiger partial charge is 0.346 e. The van der Waals surface area contributed by atoms with E-state index in [4.69, 9.17) is 11.6 Å². The largest absolute Gasteiger partial charge is 0.416 e. The number of nitrogens with one attached hydrogen (secondary N) is 2. The second-order valence-electron chi connectivity index (χ2n) is 7.23. The normalized spacial score (nSPS) is 11.9. The Hall–Kier alpha value is -3.58. The monoisotopic (exact) mass is 455 g/mol. The van der Waals surface area contributed by atoms with Gasteiger partial charge in [-0.1, -0.05) is 23.7 Å². The molecule has 0 saturated carbocycles. The van der Waals surface area contributed by atoms with E-state index in [2.05, 4.69) is 15.3 Å². The predicted molar refractivity (Wildman–Crippen MR) is 120 cm³/mol. The minimum atomic E-state index is -4.49. The molecule has 0 aliphatic heterocycles. The topological polar surface area (TPSA) is 57.8 Å². The lowest BCUT2D eigenvalue weighted by Crippen LogP contribution is -2.11. The molecular formula is C24H17ClF3N3O. The number of aromatic amines is 1. The molecule has 0 fully saturated rings. The van der Waals surface area contributed by atoms with Crippen LogP contribution in [0.5, 0.6) is 0 Å². The first-order chi connectivity index (χ1) is 15.2. The minimum Gasteiger partial charge on any atom is -0.346 e. The van der Waals surface area contributed by atoms with Crippen molar-refractivity contribution in [3.63, 3.8) is 0 Å². The van der Waals surface area contributed by atoms with Gasteiger partial charge in [-0.25, -0.2) is 4.98 Å². The first kappa shape index (κ1) is 21.6. The summed E-state index contributed by atoms with van der Waals surface area (Å²) in [5, 5.41) is 3.85. The number of halogens is 4. The molecule has 2 N–H and O–H groups in total. The molecule has 8 heteroatoms. The van der Waals surface area contributed by atoms with Crippen LogP contribution in [0.3, 0.4) is 0 Å². The fourth-order valence-electron chi connectivity index (χ4n) is 3.30. The fourth-order valence-corrected chi connectivity index (χ4v) is 3.48. The standard InChI is InChI=1S/C24H17ClF3N3O/c1-14-2-5-19(12-20(14)24(26,27)28)31-22(32)7-4-16-10-15(3-6-21(16)25)18-11-17-8-9-29-23(17)30-13-18/h2-13H,1H3,(H,29,30)(H,31,32)/b7-4+. The van der Waals surface area contributed by atoms with Gasteiger partial charge in [-0.3, -0.25) is 4.79 Å². The molecule has 2 aromatic heterocycles. The van der Waals surface area contributed by atoms with Crippen LogP contribution in [0.1, 0.15) is 16.7 Å². The molecule has 0 atom stereocenters. The van der Waals surface area contributed by atoms with Crippen LogP contribution in [0, 0.1) is 6.92 Å². The molecule has 162 valence electrons. The van der Waals surface area contributed by atoms with Crippen LogP contribution in [0.15, 0.2) is 67.0 Å². The van der Waals surface area contributed by atoms with Crippen LogP contribution in [0.2, 0.25) is 5.02 Å². The summed E-state index contributed by atoms with van der Waals surface area (Å²) in [7, 11) is 0. The van der Waals surface area contributed by atoms with Crippen molar-refractivity contribution in [2.75, 3.05) is 5.32 Å². The highest BCUT2D eigenvalue weighted by molar-refractivity contribution is 6.32. The van der Waals surface area contributed by atoms with Gasteiger partial charge in [-0.05, 0) is 66.1 Å². The first-order valence-electron chi connectivity index (χ1n) is 9.61. The van der Waals surface area contributed by atoms with Crippen LogP contribution in [-0.2, 0) is 11.0 Å². The Labute approximate surface area is 186 Å². The summed E-state index contributed by atoms with van der Waals surface area (Å²) >= 11 is 6.26. The molecule has 0 aliphatic carbocycles. The van der Waals surface area contributed by atoms with Crippen molar-refractivity contribution >= 4 is 40.3 Å². The maximum atomic E-state index is 13.1. The van der Waals surface area contributed by atoms with Crippen molar-refractivity contribution in [2.24, 2.45) is 0 Å². The fraction of sp³-hybridized carbons (Fsp3) is 0.0833. The highest BCUT2D eigenvalue weighted by Gasteiger charge is 2.32. The van der Waals surface area contributed by atoms with E-state index in [9.17, 15) is 18.0 Å². The number of alkyl halides is 3. The molecule has 1 amide bonds. The van der Waals surface area contributed by atoms with Crippen LogP contribution >= 0.6 is 11.6 Å². The number of carbonyl (C=O) groups excluding carboxylic acids is 1. The van der Waals surface area contributed by atoms with Gasteiger partial charge in [0.2, 0.25) is 5.91 Å². The number of fused-ring (bicyclic) bond motifs is 1. The van der Waals surface area contributed by atoms with Crippen molar-refractivity contribution in [1.82, 2.24) is 9.97 Å². The summed E-state index contributed by atoms with van der Waals surface area (Å²) in [5.74, 6) is -0.571. The molecule has 4 nitrogen and oxygen atoms in total. The van der Waals surface area contributed by atoms with Gasteiger partial charge in [-0.15, -0.1) is 0 Å². The maximum Gasteiger partial charge on any atom is 0.416 e. The van der Waals surface area contributed by atoms with Gasteiger partial charge in [-0.2, -0.15) is 13.2 Å². The SMILES string of the molecule is Cc1ccc(NC(=O)/C=C/c2cc(-c3cnc4[nH]ccc4c3)ccc2Cl)cc1C(F)(F)F. The predicted octanol–water partition coefficient (Wildman–Crippen LogP) is 6.86. The molecule has 2 heterocycles. The summed E-state index contributed by atoms with van der Waals surface area (Å²) in [6.45, 7) is 1.37. The summed E-state index contributed by atoms with van der Waals surface area (Å²) in [4.78, 5) is 19.7. The van der Waals surface area contributed by atoms with E-state index in [1.165, 1.54) is 31.2 Å². The van der Waals surface area contributed by atoms with Crippen molar-refractivity contribution < 1.29 is 18.0 Å². The van der Waals surface area contributed by atoms with Gasteiger partial charge in [0.25, 0.3) is 0 Å². The summed E-state index contributed by atoms with van der Waals surface area (Å²) in [6, 6.07) is 12.9. The number of rotatable bonds is 4. The number of aromatic nitrogens is 2. The molecule has 0 bridgehead atoms. The molecule has 2 aromatic carbocycles. The van der Waals surface area contributed by atoms with E-state index in [0.717, 1.165) is 28.2 Å². The lowest BCUT2D eigenvalue weighted by atomic mass is 10.0. The molecule has 0 radical (unpaired) electrons. The summed E-state index contributed by atoms with van der Waals surface area (Å²) in [5.41, 5.74) is 2.47. The molecule has 4 aromatic rings. The van der Waals surface area contributed by atoms with Gasteiger partial charge >= 0.3 is 6.18 Å². The van der Waals surface area contributed by atoms with Crippen molar-refractivity contribution in [2.45, 2.75) is 13.1 Å². The Morgan fingerprint density at radius 2 is 1.91 bits per heavy atom. The Balaban J connectivity index is 1.54. The van der Waals surface area contributed by atoms with Crippen molar-refractivity contribution in [3.05, 3.63) is 88.7 Å². The second kappa shape index (κ2) is 8.51. The third-order valence-corrected chi connectivity index (χ3v) is 5.30. The Bertz CT molecular complexity index is 1340. The van der Waals surface area contributed by atoms with Crippen molar-refractivity contribution in [3.8, 4) is 11.1 Å². The van der Waals surface area contributed by atoms with Gasteiger partial charge in [0, 0.05) is 40.1 Å². The average Bonchev–Trinajstić information content (AvgIpc) is 3.21. The number of carbonyl (C=O) groups is 1. The zero-order chi connectivity index (χ0) is 22.9. The summed E-state index contributed by atoms with van der Waals surface area (Å²) < 4.78 is 39.2. The number of aryl methyl sites for hydroxylation is 1. The average molecular weight is 456 g/mol. The van der Waals surface area contributed by atoms with Crippen LogP contribution < -0.4 is 5.32 Å². The van der Waals surface area contributed by atoms with E-state index >= 15 is 0 Å². The number of hydrogen-bond donors (Lipinski definition) is 2. The number of nitrogens with zero attached hydrogens (tertiary/aromatic N) is 1. The quantitative estimate of drug-likeness (QED) is 0.330.